The van der Waals surface area contributed by atoms with E-state index in [2.05, 4.69) is 53.0 Å². The van der Waals surface area contributed by atoms with Crippen LogP contribution in [-0.2, 0) is 0 Å². The molecule has 18 heavy (non-hydrogen) atoms. The van der Waals surface area contributed by atoms with Crippen LogP contribution in [0.25, 0.3) is 5.69 Å². The zero-order valence-corrected chi connectivity index (χ0v) is 11.4. The molecule has 96 valence electrons. The molecule has 0 aliphatic heterocycles. The Kier molecular flexibility index (Phi) is 4.15. The topological polar surface area (TPSA) is 29.9 Å². The van der Waals surface area contributed by atoms with Gasteiger partial charge in [0.1, 0.15) is 5.82 Å². The predicted molar refractivity (Wildman–Crippen MR) is 75.0 cm³/mol. The largest absolute Gasteiger partial charge is 0.310 e. The van der Waals surface area contributed by atoms with Gasteiger partial charge in [-0.25, -0.2) is 4.98 Å². The van der Waals surface area contributed by atoms with Crippen LogP contribution in [-0.4, -0.2) is 16.1 Å². The number of hydrogen-bond donors (Lipinski definition) is 1. The van der Waals surface area contributed by atoms with Crippen molar-refractivity contribution in [1.82, 2.24) is 14.9 Å². The smallest absolute Gasteiger partial charge is 0.110 e. The van der Waals surface area contributed by atoms with E-state index in [4.69, 9.17) is 0 Å². The SMILES string of the molecule is CCCNC(C)c1cccc(-n2ccnc2C)c1. The molecule has 0 radical (unpaired) electrons. The number of nitrogens with one attached hydrogen (secondary N) is 1. The number of aromatic nitrogens is 2. The maximum Gasteiger partial charge on any atom is 0.110 e. The van der Waals surface area contributed by atoms with Crippen LogP contribution in [0, 0.1) is 6.92 Å². The Morgan fingerprint density at radius 3 is 2.89 bits per heavy atom. The van der Waals surface area contributed by atoms with Crippen molar-refractivity contribution in [3.05, 3.63) is 48.0 Å². The summed E-state index contributed by atoms with van der Waals surface area (Å²) in [4.78, 5) is 4.26. The first-order valence-corrected chi connectivity index (χ1v) is 6.56. The van der Waals surface area contributed by atoms with E-state index in [0.29, 0.717) is 6.04 Å². The lowest BCUT2D eigenvalue weighted by Crippen LogP contribution is -2.19. The minimum absolute atomic E-state index is 0.383. The van der Waals surface area contributed by atoms with Gasteiger partial charge in [0.2, 0.25) is 0 Å². The van der Waals surface area contributed by atoms with Crippen LogP contribution in [0.15, 0.2) is 36.7 Å². The first kappa shape index (κ1) is 12.8. The van der Waals surface area contributed by atoms with Crippen LogP contribution in [0.2, 0.25) is 0 Å². The Labute approximate surface area is 109 Å². The van der Waals surface area contributed by atoms with Gasteiger partial charge in [-0.15, -0.1) is 0 Å². The van der Waals surface area contributed by atoms with Crippen molar-refractivity contribution in [2.45, 2.75) is 33.2 Å². The van der Waals surface area contributed by atoms with Crippen LogP contribution in [0.4, 0.5) is 0 Å². The predicted octanol–water partition coefficient (Wildman–Crippen LogP) is 3.24. The lowest BCUT2D eigenvalue weighted by molar-refractivity contribution is 0.570. The number of benzene rings is 1. The Balaban J connectivity index is 2.22. The minimum atomic E-state index is 0.383. The monoisotopic (exact) mass is 243 g/mol. The molecule has 0 saturated carbocycles. The molecule has 1 N–H and O–H groups in total. The number of hydrogen-bond acceptors (Lipinski definition) is 2. The molecule has 2 aromatic rings. The van der Waals surface area contributed by atoms with Gasteiger partial charge in [0.05, 0.1) is 0 Å². The third-order valence-corrected chi connectivity index (χ3v) is 3.17. The van der Waals surface area contributed by atoms with Gasteiger partial charge in [-0.2, -0.15) is 0 Å². The van der Waals surface area contributed by atoms with Gasteiger partial charge < -0.3 is 9.88 Å². The highest BCUT2D eigenvalue weighted by molar-refractivity contribution is 5.38. The Bertz CT molecular complexity index is 502. The summed E-state index contributed by atoms with van der Waals surface area (Å²) in [5.41, 5.74) is 2.49. The first-order chi connectivity index (χ1) is 8.72. The fourth-order valence-corrected chi connectivity index (χ4v) is 2.07. The first-order valence-electron chi connectivity index (χ1n) is 6.56. The van der Waals surface area contributed by atoms with Gasteiger partial charge in [-0.1, -0.05) is 19.1 Å². The molecule has 2 rings (SSSR count). The number of nitrogens with zero attached hydrogens (tertiary/aromatic N) is 2. The lowest BCUT2D eigenvalue weighted by Gasteiger charge is -2.15. The maximum absolute atomic E-state index is 4.26. The van der Waals surface area contributed by atoms with Crippen molar-refractivity contribution in [3.8, 4) is 5.69 Å². The fourth-order valence-electron chi connectivity index (χ4n) is 2.07. The molecule has 3 heteroatoms. The molecule has 0 bridgehead atoms. The quantitative estimate of drug-likeness (QED) is 0.873. The average Bonchev–Trinajstić information content (AvgIpc) is 2.82. The molecule has 3 nitrogen and oxygen atoms in total. The second kappa shape index (κ2) is 5.83. The van der Waals surface area contributed by atoms with E-state index >= 15 is 0 Å². The van der Waals surface area contributed by atoms with Crippen molar-refractivity contribution in [2.75, 3.05) is 6.54 Å². The molecule has 0 aliphatic carbocycles. The van der Waals surface area contributed by atoms with E-state index < -0.39 is 0 Å². The molecule has 1 aromatic carbocycles. The van der Waals surface area contributed by atoms with Gasteiger partial charge in [0.25, 0.3) is 0 Å². The molecule has 0 spiro atoms. The molecule has 1 atom stereocenters. The molecule has 0 amide bonds. The number of aryl methyl sites for hydroxylation is 1. The van der Waals surface area contributed by atoms with Crippen molar-refractivity contribution in [3.63, 3.8) is 0 Å². The van der Waals surface area contributed by atoms with Crippen LogP contribution in [0.1, 0.15) is 37.7 Å². The summed E-state index contributed by atoms with van der Waals surface area (Å²) < 4.78 is 2.11. The van der Waals surface area contributed by atoms with E-state index in [9.17, 15) is 0 Å². The summed E-state index contributed by atoms with van der Waals surface area (Å²) in [6.45, 7) is 7.46. The highest BCUT2D eigenvalue weighted by atomic mass is 15.1. The second-order valence-electron chi connectivity index (χ2n) is 4.62. The Hall–Kier alpha value is -1.61. The number of rotatable bonds is 5. The van der Waals surface area contributed by atoms with E-state index in [0.717, 1.165) is 18.8 Å². The highest BCUT2D eigenvalue weighted by Gasteiger charge is 2.06. The highest BCUT2D eigenvalue weighted by Crippen LogP contribution is 2.17. The van der Waals surface area contributed by atoms with Gasteiger partial charge in [0.15, 0.2) is 0 Å². The summed E-state index contributed by atoms with van der Waals surface area (Å²) in [7, 11) is 0. The lowest BCUT2D eigenvalue weighted by atomic mass is 10.1. The molecule has 1 heterocycles. The minimum Gasteiger partial charge on any atom is -0.310 e. The van der Waals surface area contributed by atoms with Gasteiger partial charge in [-0.3, -0.25) is 0 Å². The number of imidazole rings is 1. The van der Waals surface area contributed by atoms with E-state index in [1.807, 2.05) is 19.3 Å². The third kappa shape index (κ3) is 2.79. The van der Waals surface area contributed by atoms with Crippen LogP contribution in [0.3, 0.4) is 0 Å². The summed E-state index contributed by atoms with van der Waals surface area (Å²) in [5.74, 6) is 1.02. The summed E-state index contributed by atoms with van der Waals surface area (Å²) >= 11 is 0. The van der Waals surface area contributed by atoms with Crippen LogP contribution >= 0.6 is 0 Å². The normalized spacial score (nSPS) is 12.6. The van der Waals surface area contributed by atoms with Crippen molar-refractivity contribution in [1.29, 1.82) is 0 Å². The Morgan fingerprint density at radius 1 is 1.39 bits per heavy atom. The second-order valence-corrected chi connectivity index (χ2v) is 4.62. The van der Waals surface area contributed by atoms with Gasteiger partial charge in [0, 0.05) is 24.1 Å². The fraction of sp³-hybridized carbons (Fsp3) is 0.400. The Morgan fingerprint density at radius 2 is 2.22 bits per heavy atom. The van der Waals surface area contributed by atoms with E-state index in [-0.39, 0.29) is 0 Å². The van der Waals surface area contributed by atoms with Crippen molar-refractivity contribution in [2.24, 2.45) is 0 Å². The molecular formula is C15H21N3. The summed E-state index contributed by atoms with van der Waals surface area (Å²) in [6, 6.07) is 9.00. The van der Waals surface area contributed by atoms with Crippen LogP contribution in [0.5, 0.6) is 0 Å². The zero-order valence-electron chi connectivity index (χ0n) is 11.4. The van der Waals surface area contributed by atoms with Crippen LogP contribution < -0.4 is 5.32 Å². The zero-order chi connectivity index (χ0) is 13.0. The van der Waals surface area contributed by atoms with Gasteiger partial charge in [-0.05, 0) is 44.5 Å². The molecule has 1 aromatic heterocycles. The van der Waals surface area contributed by atoms with Gasteiger partial charge >= 0.3 is 0 Å². The van der Waals surface area contributed by atoms with E-state index in [1.165, 1.54) is 11.3 Å². The third-order valence-electron chi connectivity index (χ3n) is 3.17. The molecular weight excluding hydrogens is 222 g/mol. The maximum atomic E-state index is 4.26. The molecule has 0 fully saturated rings. The summed E-state index contributed by atoms with van der Waals surface area (Å²) in [5, 5.41) is 3.51. The average molecular weight is 243 g/mol. The standard InChI is InChI=1S/C15H21N3/c1-4-8-16-12(2)14-6-5-7-15(11-14)18-10-9-17-13(18)3/h5-7,9-12,16H,4,8H2,1-3H3. The molecule has 0 aliphatic rings. The van der Waals surface area contributed by atoms with E-state index in [1.54, 1.807) is 0 Å². The summed E-state index contributed by atoms with van der Waals surface area (Å²) in [6.07, 6.45) is 4.99. The van der Waals surface area contributed by atoms with Crippen molar-refractivity contribution < 1.29 is 0 Å². The van der Waals surface area contributed by atoms with Crippen molar-refractivity contribution >= 4 is 0 Å². The molecule has 0 saturated heterocycles. The molecule has 1 unspecified atom stereocenters.